The van der Waals surface area contributed by atoms with Gasteiger partial charge in [-0.25, -0.2) is 4.79 Å². The number of carbonyl (C=O) groups excluding carboxylic acids is 1. The maximum absolute atomic E-state index is 12.6. The topological polar surface area (TPSA) is 70.1 Å². The minimum absolute atomic E-state index is 0.186. The van der Waals surface area contributed by atoms with Crippen molar-refractivity contribution in [3.63, 3.8) is 0 Å². The molecule has 3 atom stereocenters. The lowest BCUT2D eigenvalue weighted by atomic mass is 10.0. The Balaban J connectivity index is 0.000000321. The fraction of sp³-hybridized carbons (Fsp3) is 0.647. The summed E-state index contributed by atoms with van der Waals surface area (Å²) in [5.41, 5.74) is 0. The van der Waals surface area contributed by atoms with E-state index in [1.807, 2.05) is 17.5 Å². The second-order valence-electron chi connectivity index (χ2n) is 6.68. The largest absolute Gasteiger partial charge is 0.490 e. The number of nitrogens with zero attached hydrogens (tertiary/aromatic N) is 2. The van der Waals surface area contributed by atoms with Crippen LogP contribution in [0.3, 0.4) is 0 Å². The zero-order valence-electron chi connectivity index (χ0n) is 15.1. The summed E-state index contributed by atoms with van der Waals surface area (Å²) in [6.45, 7) is 1.63. The predicted molar refractivity (Wildman–Crippen MR) is 93.7 cm³/mol. The number of hydrogen-bond donors (Lipinski definition) is 1. The van der Waals surface area contributed by atoms with Crippen molar-refractivity contribution < 1.29 is 32.6 Å². The Labute approximate surface area is 159 Å². The average Bonchev–Trinajstić information content (AvgIpc) is 3.21. The summed E-state index contributed by atoms with van der Waals surface area (Å²) >= 11 is 1.66. The lowest BCUT2D eigenvalue weighted by molar-refractivity contribution is -0.192. The van der Waals surface area contributed by atoms with Crippen LogP contribution < -0.4 is 0 Å². The lowest BCUT2D eigenvalue weighted by Gasteiger charge is -2.33. The number of carbonyl (C=O) groups is 2. The number of amides is 1. The number of hydrogen-bond acceptors (Lipinski definition) is 5. The van der Waals surface area contributed by atoms with E-state index < -0.39 is 12.1 Å². The molecule has 2 fully saturated rings. The molecule has 2 saturated heterocycles. The van der Waals surface area contributed by atoms with Crippen LogP contribution in [-0.4, -0.2) is 78.4 Å². The standard InChI is InChI=1S/C15H22N2O2S.C2HF3O2/c1-16(2)13-10-17(12-6-3-7-19-15(12)13)14(18)9-11-5-4-8-20-11;3-2(4,5)1(6)7/h4-5,8,12-13,15H,3,6-7,9-10H2,1-2H3;(H,6,7)/t12-,13-,15+;/m1./s1. The van der Waals surface area contributed by atoms with Crippen molar-refractivity contribution in [2.45, 2.75) is 43.6 Å². The van der Waals surface area contributed by atoms with E-state index in [-0.39, 0.29) is 18.1 Å². The Bertz CT molecular complexity index is 637. The first-order chi connectivity index (χ1) is 12.6. The zero-order valence-corrected chi connectivity index (χ0v) is 15.9. The van der Waals surface area contributed by atoms with Crippen LogP contribution in [0.4, 0.5) is 13.2 Å². The van der Waals surface area contributed by atoms with Crippen LogP contribution in [0.5, 0.6) is 0 Å². The number of carboxylic acids is 1. The fourth-order valence-corrected chi connectivity index (χ4v) is 4.03. The first-order valence-electron chi connectivity index (χ1n) is 8.51. The molecule has 10 heteroatoms. The zero-order chi connectivity index (χ0) is 20.2. The van der Waals surface area contributed by atoms with Crippen molar-refractivity contribution in [3.05, 3.63) is 22.4 Å². The smallest absolute Gasteiger partial charge is 0.475 e. The molecule has 6 nitrogen and oxygen atoms in total. The number of fused-ring (bicyclic) bond motifs is 1. The van der Waals surface area contributed by atoms with Gasteiger partial charge in [0.1, 0.15) is 0 Å². The van der Waals surface area contributed by atoms with E-state index in [9.17, 15) is 18.0 Å². The lowest BCUT2D eigenvalue weighted by Crippen LogP contribution is -2.46. The van der Waals surface area contributed by atoms with Crippen molar-refractivity contribution in [1.29, 1.82) is 0 Å². The second-order valence-corrected chi connectivity index (χ2v) is 7.71. The Morgan fingerprint density at radius 2 is 2.07 bits per heavy atom. The second kappa shape index (κ2) is 9.03. The summed E-state index contributed by atoms with van der Waals surface area (Å²) in [5, 5.41) is 9.15. The van der Waals surface area contributed by atoms with Gasteiger partial charge in [0.2, 0.25) is 5.91 Å². The molecule has 3 rings (SSSR count). The Hall–Kier alpha value is -1.65. The summed E-state index contributed by atoms with van der Waals surface area (Å²) in [5.74, 6) is -2.51. The normalized spacial score (nSPS) is 25.0. The molecule has 0 spiro atoms. The van der Waals surface area contributed by atoms with Crippen molar-refractivity contribution >= 4 is 23.2 Å². The van der Waals surface area contributed by atoms with Crippen LogP contribution >= 0.6 is 11.3 Å². The minimum Gasteiger partial charge on any atom is -0.475 e. The van der Waals surface area contributed by atoms with Crippen molar-refractivity contribution in [2.24, 2.45) is 0 Å². The number of alkyl halides is 3. The molecule has 1 N–H and O–H groups in total. The minimum atomic E-state index is -5.08. The molecule has 0 aliphatic carbocycles. The van der Waals surface area contributed by atoms with Crippen molar-refractivity contribution in [2.75, 3.05) is 27.2 Å². The van der Waals surface area contributed by atoms with Crippen LogP contribution in [0, 0.1) is 0 Å². The van der Waals surface area contributed by atoms with Gasteiger partial charge in [-0.2, -0.15) is 13.2 Å². The van der Waals surface area contributed by atoms with Crippen LogP contribution in [0.25, 0.3) is 0 Å². The number of likely N-dealkylation sites (tertiary alicyclic amines) is 1. The van der Waals surface area contributed by atoms with Crippen LogP contribution in [-0.2, 0) is 20.7 Å². The van der Waals surface area contributed by atoms with Crippen molar-refractivity contribution in [1.82, 2.24) is 9.80 Å². The Morgan fingerprint density at radius 3 is 2.59 bits per heavy atom. The van der Waals surface area contributed by atoms with Gasteiger partial charge >= 0.3 is 12.1 Å². The third kappa shape index (κ3) is 5.66. The molecular formula is C17H23F3N2O4S. The first kappa shape index (κ1) is 21.6. The van der Waals surface area contributed by atoms with Gasteiger partial charge < -0.3 is 19.6 Å². The molecule has 2 aliphatic heterocycles. The van der Waals surface area contributed by atoms with Crippen molar-refractivity contribution in [3.8, 4) is 0 Å². The number of rotatable bonds is 3. The fourth-order valence-electron chi connectivity index (χ4n) is 3.34. The molecule has 0 aromatic carbocycles. The summed E-state index contributed by atoms with van der Waals surface area (Å²) in [4.78, 5) is 26.9. The van der Waals surface area contributed by atoms with Gasteiger partial charge in [-0.1, -0.05) is 6.07 Å². The molecule has 1 aromatic rings. The summed E-state index contributed by atoms with van der Waals surface area (Å²) in [7, 11) is 4.15. The van der Waals surface area contributed by atoms with Gasteiger partial charge in [-0.3, -0.25) is 4.79 Å². The first-order valence-corrected chi connectivity index (χ1v) is 9.39. The Morgan fingerprint density at radius 1 is 1.41 bits per heavy atom. The number of aliphatic carboxylic acids is 1. The highest BCUT2D eigenvalue weighted by Gasteiger charge is 2.46. The molecule has 27 heavy (non-hydrogen) atoms. The van der Waals surface area contributed by atoms with E-state index in [1.165, 1.54) is 0 Å². The molecule has 0 unspecified atom stereocenters. The van der Waals surface area contributed by atoms with Gasteiger partial charge in [0.25, 0.3) is 0 Å². The van der Waals surface area contributed by atoms with Crippen LogP contribution in [0.1, 0.15) is 17.7 Å². The third-order valence-corrected chi connectivity index (χ3v) is 5.51. The SMILES string of the molecule is CN(C)[C@@H]1CN(C(=O)Cc2cccs2)[C@@H]2CCCO[C@H]12.O=C(O)C(F)(F)F. The number of thiophene rings is 1. The monoisotopic (exact) mass is 408 g/mol. The molecule has 0 radical (unpaired) electrons. The molecule has 1 amide bonds. The number of carboxylic acid groups (broad SMARTS) is 1. The molecule has 2 aliphatic rings. The van der Waals surface area contributed by atoms with Crippen LogP contribution in [0.2, 0.25) is 0 Å². The molecular weight excluding hydrogens is 385 g/mol. The molecule has 152 valence electrons. The van der Waals surface area contributed by atoms with E-state index >= 15 is 0 Å². The summed E-state index contributed by atoms with van der Waals surface area (Å²) in [6, 6.07) is 4.64. The van der Waals surface area contributed by atoms with Gasteiger partial charge in [0.15, 0.2) is 0 Å². The van der Waals surface area contributed by atoms with E-state index in [0.717, 1.165) is 30.9 Å². The highest BCUT2D eigenvalue weighted by molar-refractivity contribution is 7.10. The highest BCUT2D eigenvalue weighted by atomic mass is 32.1. The van der Waals surface area contributed by atoms with Gasteiger partial charge in [0.05, 0.1) is 24.6 Å². The number of ether oxygens (including phenoxy) is 1. The quantitative estimate of drug-likeness (QED) is 0.831. The van der Waals surface area contributed by atoms with Crippen LogP contribution in [0.15, 0.2) is 17.5 Å². The predicted octanol–water partition coefficient (Wildman–Crippen LogP) is 2.24. The third-order valence-electron chi connectivity index (χ3n) is 4.63. The average molecular weight is 408 g/mol. The Kier molecular flexibility index (Phi) is 7.24. The maximum atomic E-state index is 12.6. The number of halogens is 3. The number of likely N-dealkylation sites (N-methyl/N-ethyl adjacent to an activating group) is 1. The van der Waals surface area contributed by atoms with Gasteiger partial charge in [0, 0.05) is 18.0 Å². The van der Waals surface area contributed by atoms with E-state index in [1.54, 1.807) is 11.3 Å². The molecule has 0 saturated carbocycles. The van der Waals surface area contributed by atoms with Gasteiger partial charge in [-0.05, 0) is 38.4 Å². The summed E-state index contributed by atoms with van der Waals surface area (Å²) in [6.07, 6.45) is -2.23. The summed E-state index contributed by atoms with van der Waals surface area (Å²) < 4.78 is 37.7. The molecule has 1 aromatic heterocycles. The van der Waals surface area contributed by atoms with E-state index in [4.69, 9.17) is 14.6 Å². The van der Waals surface area contributed by atoms with E-state index in [2.05, 4.69) is 23.9 Å². The highest BCUT2D eigenvalue weighted by Crippen LogP contribution is 2.31. The van der Waals surface area contributed by atoms with Gasteiger partial charge in [-0.15, -0.1) is 11.3 Å². The maximum Gasteiger partial charge on any atom is 0.490 e. The van der Waals surface area contributed by atoms with E-state index in [0.29, 0.717) is 12.5 Å². The molecule has 3 heterocycles. The molecule has 0 bridgehead atoms.